The summed E-state index contributed by atoms with van der Waals surface area (Å²) in [6, 6.07) is 2.96. The Morgan fingerprint density at radius 2 is 1.80 bits per heavy atom. The molecule has 2 heterocycles. The second kappa shape index (κ2) is 8.18. The summed E-state index contributed by atoms with van der Waals surface area (Å²) in [5.41, 5.74) is 3.23. The van der Waals surface area contributed by atoms with Crippen molar-refractivity contribution in [1.29, 1.82) is 0 Å². The lowest BCUT2D eigenvalue weighted by Gasteiger charge is -2.49. The molecule has 0 spiro atoms. The Morgan fingerprint density at radius 1 is 1.16 bits per heavy atom. The zero-order valence-corrected chi connectivity index (χ0v) is 17.4. The van der Waals surface area contributed by atoms with E-state index in [4.69, 9.17) is 4.74 Å². The maximum absolute atomic E-state index is 5.43. The molecular formula is C22H38N2O. The molecule has 0 aliphatic carbocycles. The zero-order valence-electron chi connectivity index (χ0n) is 17.4. The van der Waals surface area contributed by atoms with Gasteiger partial charge in [0.25, 0.3) is 0 Å². The fourth-order valence-corrected chi connectivity index (χ4v) is 3.85. The lowest BCUT2D eigenvalue weighted by Crippen LogP contribution is -2.60. The highest BCUT2D eigenvalue weighted by Crippen LogP contribution is 2.31. The van der Waals surface area contributed by atoms with Crippen molar-refractivity contribution < 1.29 is 4.74 Å². The number of ether oxygens (including phenoxy) is 1. The number of hydrogen-bond donors (Lipinski definition) is 0. The van der Waals surface area contributed by atoms with E-state index in [1.54, 1.807) is 0 Å². The summed E-state index contributed by atoms with van der Waals surface area (Å²) in [7, 11) is 0. The van der Waals surface area contributed by atoms with Crippen LogP contribution < -0.4 is 0 Å². The molecule has 1 atom stereocenters. The van der Waals surface area contributed by atoms with Gasteiger partial charge in [-0.1, -0.05) is 47.1 Å². The van der Waals surface area contributed by atoms with Gasteiger partial charge in [-0.15, -0.1) is 0 Å². The van der Waals surface area contributed by atoms with Crippen LogP contribution in [-0.4, -0.2) is 41.2 Å². The number of likely N-dealkylation sites (N-methyl/N-ethyl adjacent to an activating group) is 1. The van der Waals surface area contributed by atoms with Crippen LogP contribution in [-0.2, 0) is 17.6 Å². The Morgan fingerprint density at radius 3 is 2.32 bits per heavy atom. The Hall–Kier alpha value is -0.930. The molecule has 25 heavy (non-hydrogen) atoms. The van der Waals surface area contributed by atoms with Crippen LogP contribution in [0.3, 0.4) is 0 Å². The van der Waals surface area contributed by atoms with Crippen molar-refractivity contribution in [2.75, 3.05) is 19.8 Å². The minimum Gasteiger partial charge on any atom is -0.378 e. The summed E-state index contributed by atoms with van der Waals surface area (Å²) in [4.78, 5) is 7.16. The summed E-state index contributed by atoms with van der Waals surface area (Å²) >= 11 is 0. The Kier molecular flexibility index (Phi) is 6.67. The summed E-state index contributed by atoms with van der Waals surface area (Å²) in [5.74, 6) is 0.560. The van der Waals surface area contributed by atoms with Crippen LogP contribution in [0.1, 0.15) is 66.0 Å². The van der Waals surface area contributed by atoms with E-state index in [0.717, 1.165) is 32.6 Å². The Balaban J connectivity index is 2.07. The lowest BCUT2D eigenvalue weighted by molar-refractivity contribution is -0.106. The maximum atomic E-state index is 5.43. The van der Waals surface area contributed by atoms with Gasteiger partial charge in [-0.2, -0.15) is 0 Å². The second-order valence-electron chi connectivity index (χ2n) is 9.13. The smallest absolute Gasteiger partial charge is 0.0645 e. The molecule has 3 nitrogen and oxygen atoms in total. The summed E-state index contributed by atoms with van der Waals surface area (Å²) in [6.45, 7) is 19.2. The predicted molar refractivity (Wildman–Crippen MR) is 106 cm³/mol. The molecule has 1 aromatic heterocycles. The van der Waals surface area contributed by atoms with Crippen LogP contribution in [0.5, 0.6) is 0 Å². The van der Waals surface area contributed by atoms with Crippen molar-refractivity contribution >= 4 is 0 Å². The van der Waals surface area contributed by atoms with E-state index >= 15 is 0 Å². The van der Waals surface area contributed by atoms with Gasteiger partial charge < -0.3 is 4.74 Å². The first-order valence-corrected chi connectivity index (χ1v) is 9.97. The Bertz CT molecular complexity index is 549. The average molecular weight is 347 g/mol. The van der Waals surface area contributed by atoms with E-state index in [-0.39, 0.29) is 5.54 Å². The highest BCUT2D eigenvalue weighted by atomic mass is 16.5. The quantitative estimate of drug-likeness (QED) is 0.646. The molecule has 0 amide bonds. The van der Waals surface area contributed by atoms with Gasteiger partial charge in [0.15, 0.2) is 0 Å². The van der Waals surface area contributed by atoms with Crippen molar-refractivity contribution in [2.24, 2.45) is 11.3 Å². The molecule has 1 saturated heterocycles. The molecule has 0 saturated carbocycles. The van der Waals surface area contributed by atoms with Crippen LogP contribution in [0.4, 0.5) is 0 Å². The predicted octanol–water partition coefficient (Wildman–Crippen LogP) is 4.74. The van der Waals surface area contributed by atoms with Gasteiger partial charge in [0.2, 0.25) is 0 Å². The Labute approximate surface area is 155 Å². The van der Waals surface area contributed by atoms with Gasteiger partial charge >= 0.3 is 0 Å². The van der Waals surface area contributed by atoms with E-state index < -0.39 is 0 Å². The summed E-state index contributed by atoms with van der Waals surface area (Å²) < 4.78 is 5.43. The lowest BCUT2D eigenvalue weighted by atomic mass is 9.80. The molecule has 0 bridgehead atoms. The van der Waals surface area contributed by atoms with Crippen molar-refractivity contribution in [2.45, 2.75) is 79.3 Å². The van der Waals surface area contributed by atoms with Crippen molar-refractivity contribution in [3.05, 3.63) is 29.6 Å². The largest absolute Gasteiger partial charge is 0.378 e. The number of rotatable bonds is 9. The molecule has 3 heteroatoms. The van der Waals surface area contributed by atoms with E-state index in [1.165, 1.54) is 17.5 Å². The average Bonchev–Trinajstić information content (AvgIpc) is 2.50. The molecule has 2 rings (SSSR count). The van der Waals surface area contributed by atoms with Crippen LogP contribution >= 0.6 is 0 Å². The molecule has 0 N–H and O–H groups in total. The van der Waals surface area contributed by atoms with E-state index in [0.29, 0.717) is 17.4 Å². The van der Waals surface area contributed by atoms with Gasteiger partial charge in [0.1, 0.15) is 0 Å². The fraction of sp³-hybridized carbons (Fsp3) is 0.773. The number of pyridine rings is 1. The standard InChI is InChI=1S/C22H38N2O/c1-8-21(4,5)12-19-11-18(13-23-14-19)10-17(3)22(6,7)24(9-2)20-15-25-16-20/h11,13-14,17,20H,8-10,12,15-16H2,1-7H3. The first-order valence-electron chi connectivity index (χ1n) is 9.97. The van der Waals surface area contributed by atoms with Gasteiger partial charge in [-0.25, -0.2) is 0 Å². The number of hydrogen-bond acceptors (Lipinski definition) is 3. The van der Waals surface area contributed by atoms with Gasteiger partial charge in [0.05, 0.1) is 19.3 Å². The van der Waals surface area contributed by atoms with Crippen LogP contribution in [0.15, 0.2) is 18.5 Å². The van der Waals surface area contributed by atoms with Crippen molar-refractivity contribution in [3.8, 4) is 0 Å². The van der Waals surface area contributed by atoms with Gasteiger partial charge in [-0.3, -0.25) is 9.88 Å². The highest BCUT2D eigenvalue weighted by molar-refractivity contribution is 5.20. The maximum Gasteiger partial charge on any atom is 0.0645 e. The highest BCUT2D eigenvalue weighted by Gasteiger charge is 2.38. The topological polar surface area (TPSA) is 25.4 Å². The molecule has 1 aliphatic heterocycles. The summed E-state index contributed by atoms with van der Waals surface area (Å²) in [5, 5.41) is 0. The van der Waals surface area contributed by atoms with Crippen molar-refractivity contribution in [1.82, 2.24) is 9.88 Å². The van der Waals surface area contributed by atoms with Crippen LogP contribution in [0.2, 0.25) is 0 Å². The fourth-order valence-electron chi connectivity index (χ4n) is 3.85. The number of aromatic nitrogens is 1. The molecule has 1 fully saturated rings. The van der Waals surface area contributed by atoms with Crippen LogP contribution in [0, 0.1) is 11.3 Å². The van der Waals surface area contributed by atoms with E-state index in [1.807, 2.05) is 6.20 Å². The van der Waals surface area contributed by atoms with Crippen molar-refractivity contribution in [3.63, 3.8) is 0 Å². The van der Waals surface area contributed by atoms with E-state index in [9.17, 15) is 0 Å². The third-order valence-corrected chi connectivity index (χ3v) is 6.38. The first-order chi connectivity index (χ1) is 11.7. The van der Waals surface area contributed by atoms with E-state index in [2.05, 4.69) is 70.6 Å². The molecule has 0 radical (unpaired) electrons. The molecule has 1 aromatic rings. The third kappa shape index (κ3) is 5.04. The van der Waals surface area contributed by atoms with Gasteiger partial charge in [0, 0.05) is 17.9 Å². The minimum atomic E-state index is 0.155. The normalized spacial score (nSPS) is 17.6. The molecular weight excluding hydrogens is 308 g/mol. The monoisotopic (exact) mass is 346 g/mol. The molecule has 1 unspecified atom stereocenters. The van der Waals surface area contributed by atoms with Gasteiger partial charge in [-0.05, 0) is 55.7 Å². The third-order valence-electron chi connectivity index (χ3n) is 6.38. The zero-order chi connectivity index (χ0) is 18.7. The summed E-state index contributed by atoms with van der Waals surface area (Å²) in [6.07, 6.45) is 7.46. The molecule has 0 aromatic carbocycles. The molecule has 142 valence electrons. The first kappa shape index (κ1) is 20.4. The molecule has 1 aliphatic rings. The van der Waals surface area contributed by atoms with Crippen LogP contribution in [0.25, 0.3) is 0 Å². The number of nitrogens with zero attached hydrogens (tertiary/aromatic N) is 2. The SMILES string of the molecule is CCN(C1COC1)C(C)(C)C(C)Cc1cncc(CC(C)(C)CC)c1. The second-order valence-corrected chi connectivity index (χ2v) is 9.13. The minimum absolute atomic E-state index is 0.155.